The number of benzene rings is 1. The number of hydrogen-bond donors (Lipinski definition) is 1. The summed E-state index contributed by atoms with van der Waals surface area (Å²) in [7, 11) is -0.741. The van der Waals surface area contributed by atoms with Crippen molar-refractivity contribution in [2.75, 3.05) is 19.4 Å². The van der Waals surface area contributed by atoms with Gasteiger partial charge in [-0.2, -0.15) is 8.42 Å². The predicted octanol–water partition coefficient (Wildman–Crippen LogP) is 3.51. The number of halogens is 1. The maximum absolute atomic E-state index is 12.7. The SMILES string of the molecule is CN(C)/C=N/S(=O)(=O)c1cc(NC(=O)OC(C)(C)C)cc2cnc(Cl)cc12. The smallest absolute Gasteiger partial charge is 0.412 e. The largest absolute Gasteiger partial charge is 0.444 e. The number of carbonyl (C=O) groups is 1. The van der Waals surface area contributed by atoms with Gasteiger partial charge in [-0.15, -0.1) is 4.40 Å². The van der Waals surface area contributed by atoms with Crippen molar-refractivity contribution in [3.63, 3.8) is 0 Å². The molecule has 0 atom stereocenters. The van der Waals surface area contributed by atoms with Crippen molar-refractivity contribution in [1.29, 1.82) is 0 Å². The summed E-state index contributed by atoms with van der Waals surface area (Å²) < 4.78 is 34.2. The van der Waals surface area contributed by atoms with E-state index in [0.717, 1.165) is 0 Å². The standard InChI is InChI=1S/C17H21ClN4O4S/c1-17(2,3)26-16(23)21-12-6-11-9-19-15(18)8-13(11)14(7-12)27(24,25)20-10-22(4)5/h6-10H,1-5H3,(H,21,23)/b20-10+. The second-order valence-corrected chi connectivity index (χ2v) is 8.98. The number of aromatic nitrogens is 1. The zero-order valence-corrected chi connectivity index (χ0v) is 17.2. The minimum Gasteiger partial charge on any atom is -0.444 e. The van der Waals surface area contributed by atoms with Gasteiger partial charge in [0.2, 0.25) is 0 Å². The second-order valence-electron chi connectivity index (χ2n) is 6.99. The molecular formula is C17H21ClN4O4S. The molecule has 1 aromatic heterocycles. The third-order valence-corrected chi connectivity index (χ3v) is 4.58. The lowest BCUT2D eigenvalue weighted by molar-refractivity contribution is 0.0636. The van der Waals surface area contributed by atoms with Crippen LogP contribution in [0.3, 0.4) is 0 Å². The number of hydrogen-bond acceptors (Lipinski definition) is 5. The molecule has 1 heterocycles. The van der Waals surface area contributed by atoms with Gasteiger partial charge in [-0.1, -0.05) is 11.6 Å². The maximum atomic E-state index is 12.7. The Labute approximate surface area is 163 Å². The summed E-state index contributed by atoms with van der Waals surface area (Å²) in [5.41, 5.74) is -0.458. The van der Waals surface area contributed by atoms with E-state index >= 15 is 0 Å². The molecule has 0 aliphatic heterocycles. The average molecular weight is 413 g/mol. The van der Waals surface area contributed by atoms with E-state index in [1.165, 1.54) is 29.6 Å². The first-order valence-corrected chi connectivity index (χ1v) is 9.75. The van der Waals surface area contributed by atoms with Gasteiger partial charge in [0.15, 0.2) is 0 Å². The first-order chi connectivity index (χ1) is 12.4. The van der Waals surface area contributed by atoms with Crippen LogP contribution >= 0.6 is 11.6 Å². The van der Waals surface area contributed by atoms with E-state index in [0.29, 0.717) is 10.8 Å². The van der Waals surface area contributed by atoms with Crippen LogP contribution in [0.25, 0.3) is 10.8 Å². The van der Waals surface area contributed by atoms with Gasteiger partial charge in [-0.05, 0) is 39.0 Å². The molecular weight excluding hydrogens is 392 g/mol. The van der Waals surface area contributed by atoms with Gasteiger partial charge in [0.05, 0.1) is 4.90 Å². The van der Waals surface area contributed by atoms with Crippen LogP contribution in [0.5, 0.6) is 0 Å². The Morgan fingerprint density at radius 3 is 2.56 bits per heavy atom. The molecule has 2 aromatic rings. The molecule has 0 fully saturated rings. The minimum atomic E-state index is -4.04. The van der Waals surface area contributed by atoms with Crippen LogP contribution in [0.15, 0.2) is 33.7 Å². The number of rotatable bonds is 4. The number of sulfonamides is 1. The van der Waals surface area contributed by atoms with E-state index in [2.05, 4.69) is 14.7 Å². The monoisotopic (exact) mass is 412 g/mol. The normalized spacial score (nSPS) is 12.4. The van der Waals surface area contributed by atoms with Crippen molar-refractivity contribution >= 4 is 50.5 Å². The molecule has 0 unspecified atom stereocenters. The number of anilines is 1. The van der Waals surface area contributed by atoms with Crippen LogP contribution in [-0.2, 0) is 14.8 Å². The van der Waals surface area contributed by atoms with E-state index in [-0.39, 0.29) is 15.7 Å². The summed E-state index contributed by atoms with van der Waals surface area (Å²) in [6.07, 6.45) is 1.90. The number of nitrogens with one attached hydrogen (secondary N) is 1. The molecule has 0 saturated carbocycles. The van der Waals surface area contributed by atoms with Crippen molar-refractivity contribution < 1.29 is 17.9 Å². The van der Waals surface area contributed by atoms with Crippen molar-refractivity contribution in [3.05, 3.63) is 29.5 Å². The van der Waals surface area contributed by atoms with E-state index < -0.39 is 21.7 Å². The lowest BCUT2D eigenvalue weighted by Crippen LogP contribution is -2.27. The highest BCUT2D eigenvalue weighted by Gasteiger charge is 2.21. The molecule has 0 aliphatic rings. The molecule has 27 heavy (non-hydrogen) atoms. The Hall–Kier alpha value is -2.39. The zero-order chi connectivity index (χ0) is 20.4. The van der Waals surface area contributed by atoms with Crippen LogP contribution in [0.4, 0.5) is 10.5 Å². The molecule has 2 rings (SSSR count). The van der Waals surface area contributed by atoms with Crippen LogP contribution in [0.1, 0.15) is 20.8 Å². The second kappa shape index (κ2) is 7.69. The lowest BCUT2D eigenvalue weighted by Gasteiger charge is -2.20. The highest BCUT2D eigenvalue weighted by Crippen LogP contribution is 2.30. The van der Waals surface area contributed by atoms with Crippen LogP contribution < -0.4 is 5.32 Å². The van der Waals surface area contributed by atoms with Gasteiger partial charge >= 0.3 is 6.09 Å². The first kappa shape index (κ1) is 20.9. The van der Waals surface area contributed by atoms with Gasteiger partial charge in [-0.3, -0.25) is 5.32 Å². The highest BCUT2D eigenvalue weighted by atomic mass is 35.5. The highest BCUT2D eigenvalue weighted by molar-refractivity contribution is 7.90. The van der Waals surface area contributed by atoms with Crippen molar-refractivity contribution in [3.8, 4) is 0 Å². The Kier molecular flexibility index (Phi) is 5.96. The van der Waals surface area contributed by atoms with E-state index in [9.17, 15) is 13.2 Å². The summed E-state index contributed by atoms with van der Waals surface area (Å²) in [6, 6.07) is 4.33. The molecule has 146 valence electrons. The van der Waals surface area contributed by atoms with Crippen molar-refractivity contribution in [2.45, 2.75) is 31.3 Å². The fourth-order valence-electron chi connectivity index (χ4n) is 2.12. The molecule has 0 saturated heterocycles. The Morgan fingerprint density at radius 2 is 1.96 bits per heavy atom. The fraction of sp³-hybridized carbons (Fsp3) is 0.353. The Morgan fingerprint density at radius 1 is 1.30 bits per heavy atom. The van der Waals surface area contributed by atoms with Gasteiger partial charge in [0, 0.05) is 36.8 Å². The molecule has 0 radical (unpaired) electrons. The zero-order valence-electron chi connectivity index (χ0n) is 15.6. The number of ether oxygens (including phenoxy) is 1. The predicted molar refractivity (Wildman–Crippen MR) is 106 cm³/mol. The van der Waals surface area contributed by atoms with Crippen LogP contribution in [0, 0.1) is 0 Å². The van der Waals surface area contributed by atoms with Crippen molar-refractivity contribution in [1.82, 2.24) is 9.88 Å². The minimum absolute atomic E-state index is 0.103. The topological polar surface area (TPSA) is 101 Å². The molecule has 0 aliphatic carbocycles. The van der Waals surface area contributed by atoms with Gasteiger partial charge in [-0.25, -0.2) is 9.78 Å². The van der Waals surface area contributed by atoms with E-state index in [1.54, 1.807) is 40.9 Å². The molecule has 0 bridgehead atoms. The van der Waals surface area contributed by atoms with E-state index in [4.69, 9.17) is 16.3 Å². The quantitative estimate of drug-likeness (QED) is 0.468. The maximum Gasteiger partial charge on any atom is 0.412 e. The lowest BCUT2D eigenvalue weighted by atomic mass is 10.1. The number of carbonyl (C=O) groups excluding carboxylic acids is 1. The molecule has 0 spiro atoms. The molecule has 8 nitrogen and oxygen atoms in total. The number of nitrogens with zero attached hydrogens (tertiary/aromatic N) is 3. The Bertz CT molecular complexity index is 998. The van der Waals surface area contributed by atoms with E-state index in [1.807, 2.05) is 0 Å². The summed E-state index contributed by atoms with van der Waals surface area (Å²) in [5, 5.41) is 3.50. The Balaban J connectivity index is 2.57. The number of pyridine rings is 1. The summed E-state index contributed by atoms with van der Waals surface area (Å²) in [6.45, 7) is 5.18. The van der Waals surface area contributed by atoms with Crippen molar-refractivity contribution in [2.24, 2.45) is 4.40 Å². The molecule has 10 heteroatoms. The summed E-state index contributed by atoms with van der Waals surface area (Å²) >= 11 is 5.92. The number of amides is 1. The van der Waals surface area contributed by atoms with Crippen LogP contribution in [0.2, 0.25) is 5.15 Å². The average Bonchev–Trinajstić information content (AvgIpc) is 2.50. The summed E-state index contributed by atoms with van der Waals surface area (Å²) in [4.78, 5) is 17.4. The van der Waals surface area contributed by atoms with Gasteiger partial charge in [0.25, 0.3) is 10.0 Å². The van der Waals surface area contributed by atoms with Gasteiger partial charge < -0.3 is 9.64 Å². The third-order valence-electron chi connectivity index (χ3n) is 3.10. The summed E-state index contributed by atoms with van der Waals surface area (Å²) in [5.74, 6) is 0. The molecule has 1 aromatic carbocycles. The molecule has 1 N–H and O–H groups in total. The first-order valence-electron chi connectivity index (χ1n) is 7.93. The van der Waals surface area contributed by atoms with Crippen LogP contribution in [-0.4, -0.2) is 50.4 Å². The molecule has 1 amide bonds. The van der Waals surface area contributed by atoms with Gasteiger partial charge in [0.1, 0.15) is 17.1 Å². The fourth-order valence-corrected chi connectivity index (χ4v) is 3.43. The number of fused-ring (bicyclic) bond motifs is 1. The third kappa shape index (κ3) is 5.80.